The van der Waals surface area contributed by atoms with Crippen molar-refractivity contribution in [1.82, 2.24) is 10.3 Å². The van der Waals surface area contributed by atoms with Crippen molar-refractivity contribution in [2.45, 2.75) is 20.3 Å². The molecule has 1 aromatic carbocycles. The third-order valence-corrected chi connectivity index (χ3v) is 3.09. The van der Waals surface area contributed by atoms with Gasteiger partial charge in [-0.2, -0.15) is 0 Å². The van der Waals surface area contributed by atoms with Gasteiger partial charge in [-0.1, -0.05) is 19.1 Å². The lowest BCUT2D eigenvalue weighted by molar-refractivity contribution is 0.846. The Bertz CT molecular complexity index is 595. The fraction of sp³-hybridized carbons (Fsp3) is 0.250. The molecule has 0 aliphatic carbocycles. The van der Waals surface area contributed by atoms with E-state index in [1.54, 1.807) is 6.20 Å². The minimum Gasteiger partial charge on any atom is -0.362 e. The van der Waals surface area contributed by atoms with Gasteiger partial charge >= 0.3 is 0 Å². The number of hydrogen-bond acceptors (Lipinski definition) is 3. The Balaban J connectivity index is 1.94. The molecule has 3 N–H and O–H groups in total. The van der Waals surface area contributed by atoms with E-state index in [-0.39, 0.29) is 0 Å². The monoisotopic (exact) mass is 300 g/mol. The zero-order valence-electron chi connectivity index (χ0n) is 12.3. The zero-order valence-corrected chi connectivity index (χ0v) is 13.1. The first-order valence-corrected chi connectivity index (χ1v) is 7.43. The van der Waals surface area contributed by atoms with Gasteiger partial charge in [0.25, 0.3) is 0 Å². The fourth-order valence-electron chi connectivity index (χ4n) is 1.83. The number of pyridine rings is 1. The van der Waals surface area contributed by atoms with Crippen LogP contribution < -0.4 is 16.0 Å². The van der Waals surface area contributed by atoms with E-state index in [0.29, 0.717) is 5.11 Å². The number of thiocarbonyl (C=S) groups is 1. The maximum absolute atomic E-state index is 5.19. The Labute approximate surface area is 131 Å². The van der Waals surface area contributed by atoms with Crippen LogP contribution in [0.25, 0.3) is 0 Å². The molecule has 1 heterocycles. The summed E-state index contributed by atoms with van der Waals surface area (Å²) >= 11 is 5.19. The van der Waals surface area contributed by atoms with Crippen LogP contribution in [-0.4, -0.2) is 16.6 Å². The van der Waals surface area contributed by atoms with Crippen molar-refractivity contribution >= 4 is 34.5 Å². The minimum absolute atomic E-state index is 0.623. The normalized spacial score (nSPS) is 10.0. The molecule has 0 unspecified atom stereocenters. The standard InChI is InChI=1S/C16H20N4S/c1-3-9-17-16(21)20-14-7-8-15(18-11-14)19-13-6-4-5-12(2)10-13/h4-8,10-11H,3,9H2,1-2H3,(H,18,19)(H2,17,20,21). The van der Waals surface area contributed by atoms with Crippen LogP contribution in [0.1, 0.15) is 18.9 Å². The largest absolute Gasteiger partial charge is 0.362 e. The first-order valence-electron chi connectivity index (χ1n) is 7.02. The lowest BCUT2D eigenvalue weighted by atomic mass is 10.2. The second kappa shape index (κ2) is 7.59. The number of anilines is 3. The number of hydrogen-bond donors (Lipinski definition) is 3. The third-order valence-electron chi connectivity index (χ3n) is 2.85. The topological polar surface area (TPSA) is 49.0 Å². The molecule has 0 spiro atoms. The molecule has 5 heteroatoms. The Morgan fingerprint density at radius 2 is 2.05 bits per heavy atom. The number of nitrogens with zero attached hydrogens (tertiary/aromatic N) is 1. The van der Waals surface area contributed by atoms with E-state index in [1.165, 1.54) is 5.56 Å². The van der Waals surface area contributed by atoms with Gasteiger partial charge in [0.05, 0.1) is 11.9 Å². The van der Waals surface area contributed by atoms with Gasteiger partial charge in [-0.15, -0.1) is 0 Å². The summed E-state index contributed by atoms with van der Waals surface area (Å²) in [5.41, 5.74) is 3.12. The van der Waals surface area contributed by atoms with Crippen LogP contribution in [0.2, 0.25) is 0 Å². The fourth-order valence-corrected chi connectivity index (χ4v) is 2.05. The van der Waals surface area contributed by atoms with Crippen molar-refractivity contribution in [3.05, 3.63) is 48.2 Å². The van der Waals surface area contributed by atoms with Gasteiger partial charge in [-0.05, 0) is 55.4 Å². The zero-order chi connectivity index (χ0) is 15.1. The van der Waals surface area contributed by atoms with Crippen molar-refractivity contribution in [1.29, 1.82) is 0 Å². The SMILES string of the molecule is CCCNC(=S)Nc1ccc(Nc2cccc(C)c2)nc1. The Hall–Kier alpha value is -2.14. The molecule has 0 atom stereocenters. The van der Waals surface area contributed by atoms with Crippen LogP contribution in [-0.2, 0) is 0 Å². The first-order chi connectivity index (χ1) is 10.2. The predicted molar refractivity (Wildman–Crippen MR) is 93.2 cm³/mol. The van der Waals surface area contributed by atoms with E-state index in [2.05, 4.69) is 46.9 Å². The smallest absolute Gasteiger partial charge is 0.170 e. The number of nitrogens with one attached hydrogen (secondary N) is 3. The molecule has 4 nitrogen and oxygen atoms in total. The summed E-state index contributed by atoms with van der Waals surface area (Å²) in [6.07, 6.45) is 2.80. The Morgan fingerprint density at radius 3 is 2.71 bits per heavy atom. The third kappa shape index (κ3) is 5.04. The number of rotatable bonds is 5. The highest BCUT2D eigenvalue weighted by Crippen LogP contribution is 2.17. The van der Waals surface area contributed by atoms with E-state index in [4.69, 9.17) is 12.2 Å². The van der Waals surface area contributed by atoms with E-state index in [0.717, 1.165) is 30.2 Å². The van der Waals surface area contributed by atoms with Crippen LogP contribution in [0.4, 0.5) is 17.2 Å². The highest BCUT2D eigenvalue weighted by molar-refractivity contribution is 7.80. The summed E-state index contributed by atoms with van der Waals surface area (Å²) in [6, 6.07) is 12.1. The molecular weight excluding hydrogens is 280 g/mol. The molecule has 21 heavy (non-hydrogen) atoms. The molecule has 0 amide bonds. The van der Waals surface area contributed by atoms with Crippen molar-refractivity contribution < 1.29 is 0 Å². The molecule has 0 saturated carbocycles. The Kier molecular flexibility index (Phi) is 5.51. The van der Waals surface area contributed by atoms with Crippen molar-refractivity contribution in [2.75, 3.05) is 17.2 Å². The maximum atomic E-state index is 5.19. The van der Waals surface area contributed by atoms with Gasteiger partial charge in [-0.25, -0.2) is 4.98 Å². The van der Waals surface area contributed by atoms with Crippen LogP contribution in [0.15, 0.2) is 42.6 Å². The molecule has 2 aromatic rings. The average Bonchev–Trinajstić information content (AvgIpc) is 2.47. The molecule has 0 radical (unpaired) electrons. The molecule has 0 aliphatic heterocycles. The summed E-state index contributed by atoms with van der Waals surface area (Å²) in [7, 11) is 0. The van der Waals surface area contributed by atoms with Gasteiger partial charge in [0.2, 0.25) is 0 Å². The van der Waals surface area contributed by atoms with Gasteiger partial charge in [0.1, 0.15) is 5.82 Å². The number of aryl methyl sites for hydroxylation is 1. The second-order valence-electron chi connectivity index (χ2n) is 4.81. The molecule has 0 saturated heterocycles. The van der Waals surface area contributed by atoms with Crippen LogP contribution in [0.3, 0.4) is 0 Å². The van der Waals surface area contributed by atoms with Gasteiger partial charge < -0.3 is 16.0 Å². The summed E-state index contributed by atoms with van der Waals surface area (Å²) in [6.45, 7) is 5.03. The molecule has 0 bridgehead atoms. The quantitative estimate of drug-likeness (QED) is 0.733. The van der Waals surface area contributed by atoms with Crippen molar-refractivity contribution in [3.63, 3.8) is 0 Å². The molecular formula is C16H20N4S. The number of benzene rings is 1. The average molecular weight is 300 g/mol. The molecule has 0 fully saturated rings. The van der Waals surface area contributed by atoms with Gasteiger partial charge in [-0.3, -0.25) is 0 Å². The lowest BCUT2D eigenvalue weighted by Gasteiger charge is -2.10. The highest BCUT2D eigenvalue weighted by Gasteiger charge is 1.99. The van der Waals surface area contributed by atoms with Crippen LogP contribution in [0.5, 0.6) is 0 Å². The number of aromatic nitrogens is 1. The van der Waals surface area contributed by atoms with Crippen LogP contribution in [0, 0.1) is 6.92 Å². The van der Waals surface area contributed by atoms with Crippen molar-refractivity contribution in [2.24, 2.45) is 0 Å². The Morgan fingerprint density at radius 1 is 1.19 bits per heavy atom. The van der Waals surface area contributed by atoms with Gasteiger partial charge in [0.15, 0.2) is 5.11 Å². The van der Waals surface area contributed by atoms with E-state index < -0.39 is 0 Å². The van der Waals surface area contributed by atoms with E-state index >= 15 is 0 Å². The minimum atomic E-state index is 0.623. The van der Waals surface area contributed by atoms with Gasteiger partial charge in [0, 0.05) is 12.2 Å². The molecule has 1 aromatic heterocycles. The lowest BCUT2D eigenvalue weighted by Crippen LogP contribution is -2.28. The van der Waals surface area contributed by atoms with E-state index in [1.807, 2.05) is 24.3 Å². The second-order valence-corrected chi connectivity index (χ2v) is 5.22. The molecule has 2 rings (SSSR count). The highest BCUT2D eigenvalue weighted by atomic mass is 32.1. The van der Waals surface area contributed by atoms with E-state index in [9.17, 15) is 0 Å². The summed E-state index contributed by atoms with van der Waals surface area (Å²) in [5.74, 6) is 0.804. The summed E-state index contributed by atoms with van der Waals surface area (Å²) in [4.78, 5) is 4.38. The predicted octanol–water partition coefficient (Wildman–Crippen LogP) is 3.83. The molecule has 110 valence electrons. The summed E-state index contributed by atoms with van der Waals surface area (Å²) in [5, 5.41) is 10.1. The first kappa shape index (κ1) is 15.3. The summed E-state index contributed by atoms with van der Waals surface area (Å²) < 4.78 is 0. The van der Waals surface area contributed by atoms with Crippen molar-refractivity contribution in [3.8, 4) is 0 Å². The molecule has 0 aliphatic rings. The maximum Gasteiger partial charge on any atom is 0.170 e. The van der Waals surface area contributed by atoms with Crippen LogP contribution >= 0.6 is 12.2 Å².